The van der Waals surface area contributed by atoms with Gasteiger partial charge in [-0.05, 0) is 18.9 Å². The molecule has 1 atom stereocenters. The Kier molecular flexibility index (Phi) is 7.35. The van der Waals surface area contributed by atoms with Gasteiger partial charge in [0.2, 0.25) is 5.91 Å². The highest BCUT2D eigenvalue weighted by Gasteiger charge is 2.10. The number of hydrogen-bond acceptors (Lipinski definition) is 3. The molecule has 0 aliphatic rings. The Hall–Kier alpha value is -1.88. The first kappa shape index (κ1) is 16.2. The monoisotopic (exact) mass is 279 g/mol. The second-order valence-corrected chi connectivity index (χ2v) is 4.71. The van der Waals surface area contributed by atoms with Gasteiger partial charge in [0.15, 0.2) is 0 Å². The molecule has 5 heteroatoms. The molecule has 0 aliphatic carbocycles. The third kappa shape index (κ3) is 7.53. The van der Waals surface area contributed by atoms with Crippen molar-refractivity contribution in [1.29, 1.82) is 0 Å². The van der Waals surface area contributed by atoms with Crippen LogP contribution in [-0.4, -0.2) is 29.6 Å². The van der Waals surface area contributed by atoms with Crippen LogP contribution in [0.5, 0.6) is 0 Å². The van der Waals surface area contributed by atoms with Crippen molar-refractivity contribution < 1.29 is 19.4 Å². The van der Waals surface area contributed by atoms with E-state index in [-0.39, 0.29) is 18.4 Å². The molecule has 1 aromatic carbocycles. The van der Waals surface area contributed by atoms with Crippen LogP contribution in [0.15, 0.2) is 30.3 Å². The predicted molar refractivity (Wildman–Crippen MR) is 75.2 cm³/mol. The highest BCUT2D eigenvalue weighted by molar-refractivity contribution is 5.77. The number of hydrogen-bond donors (Lipinski definition) is 2. The van der Waals surface area contributed by atoms with Crippen molar-refractivity contribution >= 4 is 11.9 Å². The summed E-state index contributed by atoms with van der Waals surface area (Å²) < 4.78 is 5.47. The van der Waals surface area contributed by atoms with Crippen molar-refractivity contribution in [3.05, 3.63) is 35.9 Å². The SMILES string of the molecule is CC(CC(=O)O)NC(=O)CCCOCc1ccccc1. The lowest BCUT2D eigenvalue weighted by Gasteiger charge is -2.11. The average molecular weight is 279 g/mol. The van der Waals surface area contributed by atoms with Crippen LogP contribution >= 0.6 is 0 Å². The van der Waals surface area contributed by atoms with Gasteiger partial charge in [-0.25, -0.2) is 0 Å². The molecule has 0 saturated heterocycles. The Morgan fingerprint density at radius 3 is 2.65 bits per heavy atom. The maximum absolute atomic E-state index is 11.5. The largest absolute Gasteiger partial charge is 0.481 e. The second-order valence-electron chi connectivity index (χ2n) is 4.71. The predicted octanol–water partition coefficient (Wildman–Crippen LogP) is 1.96. The number of ether oxygens (including phenoxy) is 1. The number of aliphatic carboxylic acids is 1. The van der Waals surface area contributed by atoms with Gasteiger partial charge in [0.05, 0.1) is 13.0 Å². The minimum absolute atomic E-state index is 0.0593. The number of carboxylic acids is 1. The molecule has 110 valence electrons. The van der Waals surface area contributed by atoms with E-state index in [9.17, 15) is 9.59 Å². The zero-order valence-corrected chi connectivity index (χ0v) is 11.7. The Bertz CT molecular complexity index is 419. The summed E-state index contributed by atoms with van der Waals surface area (Å²) in [7, 11) is 0. The summed E-state index contributed by atoms with van der Waals surface area (Å²) in [6.07, 6.45) is 0.910. The molecule has 0 radical (unpaired) electrons. The van der Waals surface area contributed by atoms with Gasteiger partial charge in [-0.1, -0.05) is 30.3 Å². The summed E-state index contributed by atoms with van der Waals surface area (Å²) in [6.45, 7) is 2.73. The van der Waals surface area contributed by atoms with E-state index in [4.69, 9.17) is 9.84 Å². The smallest absolute Gasteiger partial charge is 0.305 e. The third-order valence-electron chi connectivity index (χ3n) is 2.69. The van der Waals surface area contributed by atoms with E-state index in [0.29, 0.717) is 26.1 Å². The van der Waals surface area contributed by atoms with E-state index < -0.39 is 5.97 Å². The molecule has 5 nitrogen and oxygen atoms in total. The number of amides is 1. The van der Waals surface area contributed by atoms with E-state index in [0.717, 1.165) is 5.56 Å². The number of carbonyl (C=O) groups excluding carboxylic acids is 1. The van der Waals surface area contributed by atoms with Crippen LogP contribution in [-0.2, 0) is 20.9 Å². The van der Waals surface area contributed by atoms with Gasteiger partial charge in [-0.15, -0.1) is 0 Å². The van der Waals surface area contributed by atoms with Gasteiger partial charge in [-0.2, -0.15) is 0 Å². The van der Waals surface area contributed by atoms with Crippen molar-refractivity contribution in [3.8, 4) is 0 Å². The molecule has 20 heavy (non-hydrogen) atoms. The normalized spacial score (nSPS) is 11.8. The van der Waals surface area contributed by atoms with E-state index in [1.54, 1.807) is 6.92 Å². The van der Waals surface area contributed by atoms with Crippen molar-refractivity contribution in [2.75, 3.05) is 6.61 Å². The quantitative estimate of drug-likeness (QED) is 0.678. The zero-order valence-electron chi connectivity index (χ0n) is 11.7. The summed E-state index contributed by atoms with van der Waals surface area (Å²) in [5.41, 5.74) is 1.10. The zero-order chi connectivity index (χ0) is 14.8. The van der Waals surface area contributed by atoms with Crippen LogP contribution < -0.4 is 5.32 Å². The van der Waals surface area contributed by atoms with Gasteiger partial charge in [0.1, 0.15) is 0 Å². The molecule has 0 aromatic heterocycles. The summed E-state index contributed by atoms with van der Waals surface area (Å²) in [4.78, 5) is 22.0. The molecular formula is C15H21NO4. The van der Waals surface area contributed by atoms with Crippen molar-refractivity contribution in [2.45, 2.75) is 38.8 Å². The summed E-state index contributed by atoms with van der Waals surface area (Å²) in [5.74, 6) is -1.05. The van der Waals surface area contributed by atoms with Crippen molar-refractivity contribution in [2.24, 2.45) is 0 Å². The minimum atomic E-state index is -0.913. The standard InChI is InChI=1S/C15H21NO4/c1-12(10-15(18)19)16-14(17)8-5-9-20-11-13-6-3-2-4-7-13/h2-4,6-7,12H,5,8-11H2,1H3,(H,16,17)(H,18,19). The molecule has 1 amide bonds. The molecule has 0 aliphatic heterocycles. The number of carboxylic acid groups (broad SMARTS) is 1. The maximum Gasteiger partial charge on any atom is 0.305 e. The summed E-state index contributed by atoms with van der Waals surface area (Å²) in [5, 5.41) is 11.2. The van der Waals surface area contributed by atoms with Crippen LogP contribution in [0.1, 0.15) is 31.7 Å². The van der Waals surface area contributed by atoms with Crippen molar-refractivity contribution in [1.82, 2.24) is 5.32 Å². The molecule has 0 spiro atoms. The first-order valence-corrected chi connectivity index (χ1v) is 6.70. The van der Waals surface area contributed by atoms with E-state index in [1.165, 1.54) is 0 Å². The minimum Gasteiger partial charge on any atom is -0.481 e. The van der Waals surface area contributed by atoms with Gasteiger partial charge in [0, 0.05) is 19.1 Å². The lowest BCUT2D eigenvalue weighted by atomic mass is 10.2. The highest BCUT2D eigenvalue weighted by Crippen LogP contribution is 2.02. The molecule has 0 fully saturated rings. The third-order valence-corrected chi connectivity index (χ3v) is 2.69. The van der Waals surface area contributed by atoms with Crippen LogP contribution in [0, 0.1) is 0 Å². The molecule has 1 unspecified atom stereocenters. The fourth-order valence-electron chi connectivity index (χ4n) is 1.76. The van der Waals surface area contributed by atoms with E-state index >= 15 is 0 Å². The van der Waals surface area contributed by atoms with E-state index in [1.807, 2.05) is 30.3 Å². The molecule has 0 saturated carbocycles. The second kappa shape index (κ2) is 9.09. The van der Waals surface area contributed by atoms with Gasteiger partial charge in [0.25, 0.3) is 0 Å². The molecule has 0 heterocycles. The Labute approximate surface area is 118 Å². The number of nitrogens with one attached hydrogen (secondary N) is 1. The molecule has 0 bridgehead atoms. The fourth-order valence-corrected chi connectivity index (χ4v) is 1.76. The number of rotatable bonds is 9. The first-order chi connectivity index (χ1) is 9.58. The lowest BCUT2D eigenvalue weighted by molar-refractivity contribution is -0.137. The highest BCUT2D eigenvalue weighted by atomic mass is 16.5. The van der Waals surface area contributed by atoms with E-state index in [2.05, 4.69) is 5.32 Å². The fraction of sp³-hybridized carbons (Fsp3) is 0.467. The van der Waals surface area contributed by atoms with Crippen LogP contribution in [0.2, 0.25) is 0 Å². The number of carbonyl (C=O) groups is 2. The lowest BCUT2D eigenvalue weighted by Crippen LogP contribution is -2.34. The molecule has 1 rings (SSSR count). The average Bonchev–Trinajstić information content (AvgIpc) is 2.38. The van der Waals surface area contributed by atoms with Crippen LogP contribution in [0.4, 0.5) is 0 Å². The molecule has 2 N–H and O–H groups in total. The summed E-state index contributed by atoms with van der Waals surface area (Å²) in [6, 6.07) is 9.49. The van der Waals surface area contributed by atoms with Crippen LogP contribution in [0.3, 0.4) is 0 Å². The Morgan fingerprint density at radius 2 is 2.00 bits per heavy atom. The molecular weight excluding hydrogens is 258 g/mol. The maximum atomic E-state index is 11.5. The summed E-state index contributed by atoms with van der Waals surface area (Å²) >= 11 is 0. The first-order valence-electron chi connectivity index (χ1n) is 6.70. The topological polar surface area (TPSA) is 75.6 Å². The number of benzene rings is 1. The van der Waals surface area contributed by atoms with Gasteiger partial charge >= 0.3 is 5.97 Å². The van der Waals surface area contributed by atoms with Gasteiger partial charge in [-0.3, -0.25) is 9.59 Å². The van der Waals surface area contributed by atoms with Crippen LogP contribution in [0.25, 0.3) is 0 Å². The van der Waals surface area contributed by atoms with Crippen molar-refractivity contribution in [3.63, 3.8) is 0 Å². The Morgan fingerprint density at radius 1 is 1.30 bits per heavy atom. The van der Waals surface area contributed by atoms with Gasteiger partial charge < -0.3 is 15.2 Å². The Balaban J connectivity index is 2.06. The molecule has 1 aromatic rings.